The van der Waals surface area contributed by atoms with Crippen LogP contribution in [-0.2, 0) is 14.8 Å². The molecule has 0 radical (unpaired) electrons. The molecule has 2 aliphatic carbocycles. The van der Waals surface area contributed by atoms with Crippen molar-refractivity contribution >= 4 is 28.3 Å². The molecule has 3 atom stereocenters. The van der Waals surface area contributed by atoms with Gasteiger partial charge in [-0.3, -0.25) is 4.79 Å². The minimum atomic E-state index is -3.40. The molecule has 3 unspecified atom stereocenters. The molecule has 0 bridgehead atoms. The van der Waals surface area contributed by atoms with Crippen molar-refractivity contribution in [2.24, 2.45) is 17.6 Å². The van der Waals surface area contributed by atoms with E-state index in [9.17, 15) is 13.2 Å². The lowest BCUT2D eigenvalue weighted by atomic mass is 10.0. The van der Waals surface area contributed by atoms with Gasteiger partial charge in [-0.2, -0.15) is 0 Å². The van der Waals surface area contributed by atoms with Gasteiger partial charge in [0.25, 0.3) is 0 Å². The molecule has 8 heteroatoms. The maximum atomic E-state index is 12.8. The predicted octanol–water partition coefficient (Wildman–Crippen LogP) is 1.64. The SMILES string of the molecule is Cl.NCC1CCCC1NS(=O)(=O)C1CCCN(C(=O)C2CCCC2)C1. The second kappa shape index (κ2) is 9.02. The zero-order valence-electron chi connectivity index (χ0n) is 14.9. The summed E-state index contributed by atoms with van der Waals surface area (Å²) in [5.74, 6) is 0.545. The summed E-state index contributed by atoms with van der Waals surface area (Å²) in [7, 11) is -3.40. The molecule has 146 valence electrons. The van der Waals surface area contributed by atoms with Crippen LogP contribution in [-0.4, -0.2) is 50.2 Å². The molecule has 3 N–H and O–H groups in total. The Balaban J connectivity index is 0.00000225. The fraction of sp³-hybridized carbons (Fsp3) is 0.941. The van der Waals surface area contributed by atoms with Crippen molar-refractivity contribution in [2.45, 2.75) is 69.1 Å². The highest BCUT2D eigenvalue weighted by molar-refractivity contribution is 7.90. The van der Waals surface area contributed by atoms with Gasteiger partial charge in [-0.15, -0.1) is 12.4 Å². The summed E-state index contributed by atoms with van der Waals surface area (Å²) in [6.07, 6.45) is 8.49. The molecule has 0 aromatic rings. The Bertz CT molecular complexity index is 551. The number of nitrogens with two attached hydrogens (primary N) is 1. The number of likely N-dealkylation sites (tertiary alicyclic amines) is 1. The van der Waals surface area contributed by atoms with Crippen molar-refractivity contribution in [3.63, 3.8) is 0 Å². The van der Waals surface area contributed by atoms with Gasteiger partial charge < -0.3 is 10.6 Å². The van der Waals surface area contributed by atoms with Crippen LogP contribution < -0.4 is 10.5 Å². The number of nitrogens with one attached hydrogen (secondary N) is 1. The maximum absolute atomic E-state index is 12.8. The maximum Gasteiger partial charge on any atom is 0.225 e. The molecule has 3 fully saturated rings. The topological polar surface area (TPSA) is 92.5 Å². The number of hydrogen-bond acceptors (Lipinski definition) is 4. The number of nitrogens with zero attached hydrogens (tertiary/aromatic N) is 1. The third-order valence-electron chi connectivity index (χ3n) is 6.11. The Morgan fingerprint density at radius 3 is 2.44 bits per heavy atom. The van der Waals surface area contributed by atoms with E-state index in [0.29, 0.717) is 26.1 Å². The number of carbonyl (C=O) groups excluding carboxylic acids is 1. The zero-order chi connectivity index (χ0) is 17.2. The average molecular weight is 394 g/mol. The van der Waals surface area contributed by atoms with Crippen molar-refractivity contribution in [2.75, 3.05) is 19.6 Å². The van der Waals surface area contributed by atoms with Crippen LogP contribution in [0.4, 0.5) is 0 Å². The summed E-state index contributed by atoms with van der Waals surface area (Å²) in [5, 5.41) is -0.476. The van der Waals surface area contributed by atoms with E-state index in [1.807, 2.05) is 0 Å². The molecule has 0 aromatic heterocycles. The van der Waals surface area contributed by atoms with Gasteiger partial charge in [-0.05, 0) is 51.0 Å². The lowest BCUT2D eigenvalue weighted by Crippen LogP contribution is -2.52. The standard InChI is InChI=1S/C17H31N3O3S.ClH/c18-11-14-7-3-9-16(14)19-24(22,23)15-8-4-10-20(12-15)17(21)13-5-1-2-6-13;/h13-16,19H,1-12,18H2;1H. The molecule has 2 saturated carbocycles. The molecule has 1 saturated heterocycles. The van der Waals surface area contributed by atoms with Crippen molar-refractivity contribution in [1.29, 1.82) is 0 Å². The van der Waals surface area contributed by atoms with E-state index in [-0.39, 0.29) is 36.2 Å². The number of rotatable bonds is 5. The van der Waals surface area contributed by atoms with Crippen LogP contribution in [0.5, 0.6) is 0 Å². The fourth-order valence-electron chi connectivity index (χ4n) is 4.60. The first-order valence-corrected chi connectivity index (χ1v) is 11.1. The molecule has 3 aliphatic rings. The van der Waals surface area contributed by atoms with Crippen LogP contribution in [0.15, 0.2) is 0 Å². The Morgan fingerprint density at radius 2 is 1.76 bits per heavy atom. The van der Waals surface area contributed by atoms with Crippen LogP contribution in [0.3, 0.4) is 0 Å². The molecule has 0 aromatic carbocycles. The second-order valence-corrected chi connectivity index (χ2v) is 9.72. The Hall–Kier alpha value is -0.370. The van der Waals surface area contributed by atoms with Gasteiger partial charge in [0.05, 0.1) is 5.25 Å². The smallest absolute Gasteiger partial charge is 0.225 e. The number of amides is 1. The van der Waals surface area contributed by atoms with Crippen molar-refractivity contribution in [3.8, 4) is 0 Å². The predicted molar refractivity (Wildman–Crippen MR) is 101 cm³/mol. The first kappa shape index (κ1) is 20.9. The van der Waals surface area contributed by atoms with Crippen LogP contribution in [0.2, 0.25) is 0 Å². The van der Waals surface area contributed by atoms with E-state index >= 15 is 0 Å². The molecular formula is C17H32ClN3O3S. The second-order valence-electron chi connectivity index (χ2n) is 7.73. The van der Waals surface area contributed by atoms with E-state index in [4.69, 9.17) is 5.73 Å². The third-order valence-corrected chi connectivity index (χ3v) is 8.00. The summed E-state index contributed by atoms with van der Waals surface area (Å²) in [6, 6.07) is -0.0269. The molecule has 1 heterocycles. The number of halogens is 1. The minimum Gasteiger partial charge on any atom is -0.341 e. The molecule has 0 spiro atoms. The molecular weight excluding hydrogens is 362 g/mol. The molecule has 1 amide bonds. The molecule has 1 aliphatic heterocycles. The first-order chi connectivity index (χ1) is 11.5. The lowest BCUT2D eigenvalue weighted by Gasteiger charge is -2.35. The van der Waals surface area contributed by atoms with Crippen LogP contribution in [0, 0.1) is 11.8 Å². The van der Waals surface area contributed by atoms with Gasteiger partial charge in [0.1, 0.15) is 0 Å². The average Bonchev–Trinajstić information content (AvgIpc) is 3.25. The van der Waals surface area contributed by atoms with E-state index in [1.54, 1.807) is 4.90 Å². The quantitative estimate of drug-likeness (QED) is 0.742. The molecule has 25 heavy (non-hydrogen) atoms. The first-order valence-electron chi connectivity index (χ1n) is 9.51. The van der Waals surface area contributed by atoms with E-state index in [0.717, 1.165) is 51.4 Å². The summed E-state index contributed by atoms with van der Waals surface area (Å²) in [5.41, 5.74) is 5.77. The summed E-state index contributed by atoms with van der Waals surface area (Å²) < 4.78 is 28.5. The van der Waals surface area contributed by atoms with Gasteiger partial charge >= 0.3 is 0 Å². The summed E-state index contributed by atoms with van der Waals surface area (Å²) >= 11 is 0. The minimum absolute atomic E-state index is 0. The fourth-order valence-corrected chi connectivity index (χ4v) is 6.38. The number of carbonyl (C=O) groups is 1. The highest BCUT2D eigenvalue weighted by Gasteiger charge is 2.38. The van der Waals surface area contributed by atoms with Crippen LogP contribution in [0.25, 0.3) is 0 Å². The number of hydrogen-bond donors (Lipinski definition) is 2. The van der Waals surface area contributed by atoms with Crippen molar-refractivity contribution < 1.29 is 13.2 Å². The monoisotopic (exact) mass is 393 g/mol. The Kier molecular flexibility index (Phi) is 7.55. The van der Waals surface area contributed by atoms with Gasteiger partial charge in [0.15, 0.2) is 0 Å². The number of piperidine rings is 1. The largest absolute Gasteiger partial charge is 0.341 e. The summed E-state index contributed by atoms with van der Waals surface area (Å²) in [6.45, 7) is 1.59. The van der Waals surface area contributed by atoms with E-state index in [2.05, 4.69) is 4.72 Å². The van der Waals surface area contributed by atoms with Crippen LogP contribution in [0.1, 0.15) is 57.8 Å². The van der Waals surface area contributed by atoms with E-state index < -0.39 is 15.3 Å². The highest BCUT2D eigenvalue weighted by Crippen LogP contribution is 2.29. The van der Waals surface area contributed by atoms with Crippen LogP contribution >= 0.6 is 12.4 Å². The molecule has 3 rings (SSSR count). The summed E-state index contributed by atoms with van der Waals surface area (Å²) in [4.78, 5) is 14.4. The number of sulfonamides is 1. The lowest BCUT2D eigenvalue weighted by molar-refractivity contribution is -0.136. The van der Waals surface area contributed by atoms with Gasteiger partial charge in [-0.25, -0.2) is 13.1 Å². The third kappa shape index (κ3) is 4.87. The zero-order valence-corrected chi connectivity index (χ0v) is 16.5. The molecule has 6 nitrogen and oxygen atoms in total. The highest BCUT2D eigenvalue weighted by atomic mass is 35.5. The van der Waals surface area contributed by atoms with Crippen molar-refractivity contribution in [1.82, 2.24) is 9.62 Å². The van der Waals surface area contributed by atoms with Gasteiger partial charge in [0, 0.05) is 25.0 Å². The van der Waals surface area contributed by atoms with Gasteiger partial charge in [-0.1, -0.05) is 19.3 Å². The van der Waals surface area contributed by atoms with Crippen molar-refractivity contribution in [3.05, 3.63) is 0 Å². The Morgan fingerprint density at radius 1 is 1.04 bits per heavy atom. The Labute approximate surface area is 157 Å². The van der Waals surface area contributed by atoms with E-state index in [1.165, 1.54) is 0 Å². The normalized spacial score (nSPS) is 31.1. The van der Waals surface area contributed by atoms with Gasteiger partial charge in [0.2, 0.25) is 15.9 Å².